The smallest absolute Gasteiger partial charge is 0.366 e. The molecule has 1 N–H and O–H groups in total. The van der Waals surface area contributed by atoms with E-state index in [9.17, 15) is 27.6 Å². The number of nitrogens with one attached hydrogen (secondary N) is 1. The molecule has 0 unspecified atom stereocenters. The van der Waals surface area contributed by atoms with Crippen molar-refractivity contribution in [2.75, 3.05) is 22.9 Å². The Bertz CT molecular complexity index is 1130. The van der Waals surface area contributed by atoms with E-state index in [1.54, 1.807) is 30.1 Å². The minimum Gasteiger partial charge on any atom is -0.366 e. The fourth-order valence-electron chi connectivity index (χ4n) is 4.04. The molecule has 2 aromatic heterocycles. The Labute approximate surface area is 181 Å². The van der Waals surface area contributed by atoms with Crippen LogP contribution in [0.3, 0.4) is 0 Å². The van der Waals surface area contributed by atoms with Gasteiger partial charge in [0.2, 0.25) is 5.91 Å². The first-order chi connectivity index (χ1) is 15.0. The number of halogens is 3. The Morgan fingerprint density at radius 3 is 2.75 bits per heavy atom. The number of rotatable bonds is 4. The minimum atomic E-state index is -4.58. The third-order valence-corrected chi connectivity index (χ3v) is 5.77. The molecule has 0 spiro atoms. The number of pyridine rings is 2. The maximum Gasteiger partial charge on any atom is 0.408 e. The highest BCUT2D eigenvalue weighted by atomic mass is 19.4. The van der Waals surface area contributed by atoms with Gasteiger partial charge in [0.1, 0.15) is 11.7 Å². The molecule has 4 rings (SSSR count). The minimum absolute atomic E-state index is 0.146. The summed E-state index contributed by atoms with van der Waals surface area (Å²) in [5.74, 6) is -1.10. The Hall–Kier alpha value is -3.37. The standard InChI is InChI=1S/C21H22F3N5O3/c1-12(21(22,23)24)25-20(32)15-3-4-16-19(26-15)29(14-5-8-28(16)11-14)18(31)9-13-10-27(2)7-6-17(13)30/h3-4,6-7,10,12,14H,5,8-9,11H2,1-2H3,(H,25,32)/t12-,14+/m1/s1. The van der Waals surface area contributed by atoms with E-state index in [0.717, 1.165) is 6.92 Å². The van der Waals surface area contributed by atoms with Gasteiger partial charge in [0.15, 0.2) is 11.2 Å². The van der Waals surface area contributed by atoms with E-state index in [2.05, 4.69) is 4.98 Å². The van der Waals surface area contributed by atoms with Gasteiger partial charge in [-0.25, -0.2) is 4.98 Å². The lowest BCUT2D eigenvalue weighted by Gasteiger charge is -2.36. The van der Waals surface area contributed by atoms with Crippen molar-refractivity contribution in [1.29, 1.82) is 0 Å². The molecule has 0 aromatic carbocycles. The van der Waals surface area contributed by atoms with E-state index < -0.39 is 18.1 Å². The normalized spacial score (nSPS) is 18.3. The van der Waals surface area contributed by atoms with E-state index in [1.165, 1.54) is 17.0 Å². The molecule has 11 heteroatoms. The summed E-state index contributed by atoms with van der Waals surface area (Å²) in [5.41, 5.74) is 0.489. The number of hydrogen-bond donors (Lipinski definition) is 1. The van der Waals surface area contributed by atoms with Crippen LogP contribution in [0.4, 0.5) is 24.7 Å². The molecule has 1 fully saturated rings. The van der Waals surface area contributed by atoms with Crippen LogP contribution in [0.15, 0.2) is 35.4 Å². The highest BCUT2D eigenvalue weighted by molar-refractivity contribution is 6.00. The third kappa shape index (κ3) is 4.06. The number of anilines is 2. The molecule has 2 aliphatic rings. The summed E-state index contributed by atoms with van der Waals surface area (Å²) in [6.45, 7) is 2.12. The lowest BCUT2D eigenvalue weighted by molar-refractivity contribution is -0.149. The van der Waals surface area contributed by atoms with E-state index in [1.807, 2.05) is 10.2 Å². The van der Waals surface area contributed by atoms with E-state index in [4.69, 9.17) is 0 Å². The number of fused-ring (bicyclic) bond motifs is 4. The first-order valence-electron chi connectivity index (χ1n) is 10.2. The Kier molecular flexibility index (Phi) is 5.43. The molecule has 1 saturated heterocycles. The second kappa shape index (κ2) is 7.95. The summed E-state index contributed by atoms with van der Waals surface area (Å²) in [5, 5.41) is 1.89. The van der Waals surface area contributed by atoms with Crippen molar-refractivity contribution >= 4 is 23.3 Å². The monoisotopic (exact) mass is 449 g/mol. The lowest BCUT2D eigenvalue weighted by Crippen LogP contribution is -2.48. The van der Waals surface area contributed by atoms with Crippen molar-refractivity contribution < 1.29 is 22.8 Å². The van der Waals surface area contributed by atoms with Gasteiger partial charge in [-0.3, -0.25) is 19.3 Å². The molecule has 0 aliphatic carbocycles. The van der Waals surface area contributed by atoms with Crippen LogP contribution in [-0.2, 0) is 18.3 Å². The quantitative estimate of drug-likeness (QED) is 0.767. The average molecular weight is 449 g/mol. The van der Waals surface area contributed by atoms with E-state index >= 15 is 0 Å². The highest BCUT2D eigenvalue weighted by Crippen LogP contribution is 2.39. The first-order valence-corrected chi connectivity index (χ1v) is 10.2. The van der Waals surface area contributed by atoms with Crippen LogP contribution in [0.25, 0.3) is 0 Å². The van der Waals surface area contributed by atoms with Gasteiger partial charge >= 0.3 is 6.18 Å². The zero-order valence-corrected chi connectivity index (χ0v) is 17.5. The van der Waals surface area contributed by atoms with Crippen LogP contribution >= 0.6 is 0 Å². The molecule has 8 nitrogen and oxygen atoms in total. The average Bonchev–Trinajstić information content (AvgIpc) is 3.14. The van der Waals surface area contributed by atoms with Gasteiger partial charge < -0.3 is 14.8 Å². The summed E-state index contributed by atoms with van der Waals surface area (Å²) >= 11 is 0. The molecule has 2 aromatic rings. The number of aromatic nitrogens is 2. The lowest BCUT2D eigenvalue weighted by atomic mass is 10.1. The zero-order chi connectivity index (χ0) is 23.2. The fraction of sp³-hybridized carbons (Fsp3) is 0.429. The molecule has 2 amide bonds. The van der Waals surface area contributed by atoms with Crippen LogP contribution < -0.4 is 20.5 Å². The number of amides is 2. The van der Waals surface area contributed by atoms with Gasteiger partial charge in [-0.2, -0.15) is 13.2 Å². The van der Waals surface area contributed by atoms with Crippen molar-refractivity contribution in [2.45, 2.75) is 38.0 Å². The van der Waals surface area contributed by atoms with Gasteiger partial charge in [-0.15, -0.1) is 0 Å². The molecule has 0 saturated carbocycles. The predicted octanol–water partition coefficient (Wildman–Crippen LogP) is 1.63. The highest BCUT2D eigenvalue weighted by Gasteiger charge is 2.41. The molecular formula is C21H22F3N5O3. The maximum atomic E-state index is 13.2. The first kappa shape index (κ1) is 21.8. The van der Waals surface area contributed by atoms with Crippen molar-refractivity contribution in [3.8, 4) is 0 Å². The summed E-state index contributed by atoms with van der Waals surface area (Å²) in [6.07, 6.45) is -0.871. The largest absolute Gasteiger partial charge is 0.408 e. The summed E-state index contributed by atoms with van der Waals surface area (Å²) in [4.78, 5) is 45.6. The van der Waals surface area contributed by atoms with Gasteiger partial charge in [0.05, 0.1) is 18.2 Å². The molecule has 0 radical (unpaired) electrons. The number of aryl methyl sites for hydroxylation is 1. The second-order valence-corrected chi connectivity index (χ2v) is 8.10. The fourth-order valence-corrected chi connectivity index (χ4v) is 4.04. The van der Waals surface area contributed by atoms with Gasteiger partial charge in [-0.05, 0) is 25.5 Å². The van der Waals surface area contributed by atoms with Crippen LogP contribution in [0.2, 0.25) is 0 Å². The number of carbonyl (C=O) groups is 2. The summed E-state index contributed by atoms with van der Waals surface area (Å²) < 4.78 is 40.1. The summed E-state index contributed by atoms with van der Waals surface area (Å²) in [7, 11) is 1.74. The molecular weight excluding hydrogens is 427 g/mol. The van der Waals surface area contributed by atoms with Crippen LogP contribution in [0, 0.1) is 0 Å². The van der Waals surface area contributed by atoms with Crippen molar-refractivity contribution in [3.05, 3.63) is 52.1 Å². The van der Waals surface area contributed by atoms with Crippen LogP contribution in [-0.4, -0.2) is 52.7 Å². The number of hydrogen-bond acceptors (Lipinski definition) is 5. The zero-order valence-electron chi connectivity index (χ0n) is 17.5. The Morgan fingerprint density at radius 2 is 2.03 bits per heavy atom. The molecule has 4 heterocycles. The SMILES string of the molecule is C[C@@H](NC(=O)c1ccc2c(n1)N(C(=O)Cc1cn(C)ccc1=O)[C@H]1CCN2C1)C(F)(F)F. The van der Waals surface area contributed by atoms with Gasteiger partial charge in [0, 0.05) is 44.2 Å². The van der Waals surface area contributed by atoms with Crippen molar-refractivity contribution in [3.63, 3.8) is 0 Å². The number of carbonyl (C=O) groups excluding carboxylic acids is 2. The van der Waals surface area contributed by atoms with E-state index in [-0.39, 0.29) is 35.3 Å². The van der Waals surface area contributed by atoms with Crippen molar-refractivity contribution in [1.82, 2.24) is 14.9 Å². The Morgan fingerprint density at radius 1 is 1.28 bits per heavy atom. The predicted molar refractivity (Wildman–Crippen MR) is 111 cm³/mol. The van der Waals surface area contributed by atoms with Gasteiger partial charge in [-0.1, -0.05) is 0 Å². The van der Waals surface area contributed by atoms with Crippen LogP contribution in [0.5, 0.6) is 0 Å². The molecule has 2 aliphatic heterocycles. The third-order valence-electron chi connectivity index (χ3n) is 5.77. The molecule has 170 valence electrons. The topological polar surface area (TPSA) is 87.5 Å². The summed E-state index contributed by atoms with van der Waals surface area (Å²) in [6, 6.07) is 2.10. The second-order valence-electron chi connectivity index (χ2n) is 8.10. The molecule has 2 bridgehead atoms. The van der Waals surface area contributed by atoms with Gasteiger partial charge in [0.25, 0.3) is 5.91 Å². The number of alkyl halides is 3. The van der Waals surface area contributed by atoms with Crippen molar-refractivity contribution in [2.24, 2.45) is 7.05 Å². The maximum absolute atomic E-state index is 13.2. The number of nitrogens with zero attached hydrogens (tertiary/aromatic N) is 4. The molecule has 32 heavy (non-hydrogen) atoms. The molecule has 2 atom stereocenters. The van der Waals surface area contributed by atoms with E-state index in [0.29, 0.717) is 30.8 Å². The Balaban J connectivity index is 1.65. The van der Waals surface area contributed by atoms with Crippen LogP contribution in [0.1, 0.15) is 29.4 Å².